The number of nitrogens with one attached hydrogen (secondary N) is 1. The molecule has 0 unspecified atom stereocenters. The van der Waals surface area contributed by atoms with Crippen LogP contribution in [0.4, 0.5) is 11.5 Å². The van der Waals surface area contributed by atoms with Crippen molar-refractivity contribution >= 4 is 29.2 Å². The number of para-hydroxylation sites is 1. The van der Waals surface area contributed by atoms with Crippen molar-refractivity contribution in [2.75, 3.05) is 5.32 Å². The summed E-state index contributed by atoms with van der Waals surface area (Å²) >= 11 is 1.49. The van der Waals surface area contributed by atoms with E-state index in [1.54, 1.807) is 0 Å². The molecule has 0 saturated carbocycles. The van der Waals surface area contributed by atoms with E-state index in [9.17, 15) is 9.90 Å². The van der Waals surface area contributed by atoms with E-state index in [-0.39, 0.29) is 5.56 Å². The van der Waals surface area contributed by atoms with Gasteiger partial charge in [-0.15, -0.1) is 0 Å². The van der Waals surface area contributed by atoms with Crippen LogP contribution in [0.2, 0.25) is 0 Å². The van der Waals surface area contributed by atoms with E-state index in [1.807, 2.05) is 44.2 Å². The van der Waals surface area contributed by atoms with E-state index in [1.165, 1.54) is 18.0 Å². The van der Waals surface area contributed by atoms with Crippen LogP contribution in [0.15, 0.2) is 41.7 Å². The summed E-state index contributed by atoms with van der Waals surface area (Å²) in [4.78, 5) is 19.6. The Kier molecular flexibility index (Phi) is 4.57. The molecule has 5 nitrogen and oxygen atoms in total. The minimum atomic E-state index is -1.05. The molecule has 1 aromatic heterocycles. The molecule has 1 heterocycles. The molecule has 2 aromatic rings. The van der Waals surface area contributed by atoms with E-state index in [0.717, 1.165) is 5.69 Å². The molecule has 2 N–H and O–H groups in total. The van der Waals surface area contributed by atoms with E-state index < -0.39 is 5.97 Å². The molecule has 20 heavy (non-hydrogen) atoms. The maximum atomic E-state index is 11.2. The maximum absolute atomic E-state index is 11.2. The quantitative estimate of drug-likeness (QED) is 0.649. The summed E-state index contributed by atoms with van der Waals surface area (Å²) in [6.45, 7) is 4.06. The van der Waals surface area contributed by atoms with Crippen LogP contribution in [-0.2, 0) is 0 Å². The Morgan fingerprint density at radius 3 is 2.60 bits per heavy atom. The van der Waals surface area contributed by atoms with E-state index in [4.69, 9.17) is 0 Å². The van der Waals surface area contributed by atoms with Crippen molar-refractivity contribution in [2.45, 2.75) is 24.3 Å². The smallest absolute Gasteiger partial charge is 0.341 e. The molecule has 0 radical (unpaired) electrons. The van der Waals surface area contributed by atoms with Gasteiger partial charge >= 0.3 is 5.97 Å². The van der Waals surface area contributed by atoms with Gasteiger partial charge in [0.1, 0.15) is 11.4 Å². The van der Waals surface area contributed by atoms with Crippen LogP contribution >= 0.6 is 11.8 Å². The van der Waals surface area contributed by atoms with Gasteiger partial charge in [-0.2, -0.15) is 0 Å². The Morgan fingerprint density at radius 2 is 2.00 bits per heavy atom. The molecule has 104 valence electrons. The normalized spacial score (nSPS) is 10.6. The first-order valence-corrected chi connectivity index (χ1v) is 7.03. The number of rotatable bonds is 5. The first kappa shape index (κ1) is 14.3. The predicted octanol–water partition coefficient (Wildman–Crippen LogP) is 3.42. The molecule has 0 atom stereocenters. The lowest BCUT2D eigenvalue weighted by Crippen LogP contribution is -2.07. The molecule has 6 heteroatoms. The Bertz CT molecular complexity index is 603. The van der Waals surface area contributed by atoms with Crippen LogP contribution in [-0.4, -0.2) is 26.3 Å². The van der Waals surface area contributed by atoms with Gasteiger partial charge in [0.2, 0.25) is 0 Å². The second-order valence-corrected chi connectivity index (χ2v) is 5.92. The molecule has 0 spiro atoms. The van der Waals surface area contributed by atoms with Crippen molar-refractivity contribution in [1.82, 2.24) is 9.97 Å². The van der Waals surface area contributed by atoms with Crippen molar-refractivity contribution < 1.29 is 9.90 Å². The van der Waals surface area contributed by atoms with Crippen LogP contribution in [0.3, 0.4) is 0 Å². The monoisotopic (exact) mass is 289 g/mol. The van der Waals surface area contributed by atoms with Crippen molar-refractivity contribution in [2.24, 2.45) is 0 Å². The molecule has 2 rings (SSSR count). The van der Waals surface area contributed by atoms with Crippen molar-refractivity contribution in [3.05, 3.63) is 42.1 Å². The van der Waals surface area contributed by atoms with Gasteiger partial charge in [0.15, 0.2) is 5.16 Å². The van der Waals surface area contributed by atoms with Crippen molar-refractivity contribution in [3.8, 4) is 0 Å². The highest BCUT2D eigenvalue weighted by molar-refractivity contribution is 7.99. The summed E-state index contributed by atoms with van der Waals surface area (Å²) in [7, 11) is 0. The number of benzene rings is 1. The Labute approximate surface area is 121 Å². The van der Waals surface area contributed by atoms with Gasteiger partial charge in [-0.1, -0.05) is 43.8 Å². The van der Waals surface area contributed by atoms with E-state index >= 15 is 0 Å². The number of anilines is 2. The fourth-order valence-electron chi connectivity index (χ4n) is 1.54. The van der Waals surface area contributed by atoms with E-state index in [0.29, 0.717) is 16.2 Å². The highest BCUT2D eigenvalue weighted by Gasteiger charge is 2.14. The SMILES string of the molecule is CC(C)Sc1ncc(C(=O)O)c(Nc2ccccc2)n1. The van der Waals surface area contributed by atoms with Gasteiger partial charge in [0.05, 0.1) is 0 Å². The van der Waals surface area contributed by atoms with Gasteiger partial charge in [0, 0.05) is 17.1 Å². The number of aromatic nitrogens is 2. The van der Waals surface area contributed by atoms with Crippen LogP contribution in [0.25, 0.3) is 0 Å². The fraction of sp³-hybridized carbons (Fsp3) is 0.214. The number of thioether (sulfide) groups is 1. The van der Waals surface area contributed by atoms with Gasteiger partial charge < -0.3 is 10.4 Å². The number of hydrogen-bond acceptors (Lipinski definition) is 5. The van der Waals surface area contributed by atoms with Gasteiger partial charge in [0.25, 0.3) is 0 Å². The second kappa shape index (κ2) is 6.38. The van der Waals surface area contributed by atoms with Gasteiger partial charge in [-0.3, -0.25) is 0 Å². The van der Waals surface area contributed by atoms with Crippen LogP contribution < -0.4 is 5.32 Å². The number of hydrogen-bond donors (Lipinski definition) is 2. The Balaban J connectivity index is 2.34. The molecular weight excluding hydrogens is 274 g/mol. The zero-order valence-electron chi connectivity index (χ0n) is 11.2. The van der Waals surface area contributed by atoms with Gasteiger partial charge in [-0.25, -0.2) is 14.8 Å². The first-order valence-electron chi connectivity index (χ1n) is 6.15. The maximum Gasteiger partial charge on any atom is 0.341 e. The van der Waals surface area contributed by atoms with Crippen LogP contribution in [0.1, 0.15) is 24.2 Å². The minimum absolute atomic E-state index is 0.0574. The lowest BCUT2D eigenvalue weighted by atomic mass is 10.3. The van der Waals surface area contributed by atoms with E-state index in [2.05, 4.69) is 15.3 Å². The molecule has 0 aliphatic rings. The topological polar surface area (TPSA) is 75.1 Å². The van der Waals surface area contributed by atoms with Crippen LogP contribution in [0, 0.1) is 0 Å². The second-order valence-electron chi connectivity index (χ2n) is 4.38. The fourth-order valence-corrected chi connectivity index (χ4v) is 2.22. The third-order valence-electron chi connectivity index (χ3n) is 2.37. The highest BCUT2D eigenvalue weighted by atomic mass is 32.2. The Morgan fingerprint density at radius 1 is 1.30 bits per heavy atom. The highest BCUT2D eigenvalue weighted by Crippen LogP contribution is 2.24. The third kappa shape index (κ3) is 3.71. The number of carbonyl (C=O) groups is 1. The lowest BCUT2D eigenvalue weighted by Gasteiger charge is -2.10. The summed E-state index contributed by atoms with van der Waals surface area (Å²) in [6, 6.07) is 9.33. The minimum Gasteiger partial charge on any atom is -0.477 e. The molecule has 0 fully saturated rings. The molecule has 0 bridgehead atoms. The predicted molar refractivity (Wildman–Crippen MR) is 79.7 cm³/mol. The summed E-state index contributed by atoms with van der Waals surface area (Å²) in [5.41, 5.74) is 0.844. The number of nitrogens with zero attached hydrogens (tertiary/aromatic N) is 2. The number of carboxylic acids is 1. The van der Waals surface area contributed by atoms with Gasteiger partial charge in [-0.05, 0) is 12.1 Å². The number of aromatic carboxylic acids is 1. The van der Waals surface area contributed by atoms with Crippen LogP contribution in [0.5, 0.6) is 0 Å². The summed E-state index contributed by atoms with van der Waals surface area (Å²) in [6.07, 6.45) is 1.34. The standard InChI is InChI=1S/C14H15N3O2S/c1-9(2)20-14-15-8-11(13(18)19)12(17-14)16-10-6-4-3-5-7-10/h3-9H,1-2H3,(H,18,19)(H,15,16,17). The molecule has 0 aliphatic carbocycles. The number of carboxylic acid groups (broad SMARTS) is 1. The molecule has 0 aliphatic heterocycles. The molecule has 0 amide bonds. The molecule has 1 aromatic carbocycles. The average Bonchev–Trinajstić information content (AvgIpc) is 2.39. The first-order chi connectivity index (χ1) is 9.56. The van der Waals surface area contributed by atoms with Crippen molar-refractivity contribution in [3.63, 3.8) is 0 Å². The molecular formula is C14H15N3O2S. The summed E-state index contributed by atoms with van der Waals surface area (Å²) in [5, 5.41) is 13.1. The zero-order chi connectivity index (χ0) is 14.5. The summed E-state index contributed by atoms with van der Waals surface area (Å²) < 4.78 is 0. The zero-order valence-corrected chi connectivity index (χ0v) is 12.0. The summed E-state index contributed by atoms with van der Waals surface area (Å²) in [5.74, 6) is -0.744. The lowest BCUT2D eigenvalue weighted by molar-refractivity contribution is 0.0697. The van der Waals surface area contributed by atoms with Crippen molar-refractivity contribution in [1.29, 1.82) is 0 Å². The average molecular weight is 289 g/mol. The molecule has 0 saturated heterocycles. The largest absolute Gasteiger partial charge is 0.477 e. The Hall–Kier alpha value is -2.08. The third-order valence-corrected chi connectivity index (χ3v) is 3.25.